The smallest absolute Gasteiger partial charge is 0.0597 e. The third-order valence-electron chi connectivity index (χ3n) is 4.35. The van der Waals surface area contributed by atoms with Crippen molar-refractivity contribution in [2.75, 3.05) is 7.05 Å². The van der Waals surface area contributed by atoms with E-state index >= 15 is 0 Å². The maximum Gasteiger partial charge on any atom is 0.0597 e. The van der Waals surface area contributed by atoms with Crippen LogP contribution in [0.25, 0.3) is 0 Å². The minimum absolute atomic E-state index is 0.446. The largest absolute Gasteiger partial charge is 0.311 e. The molecule has 0 radical (unpaired) electrons. The van der Waals surface area contributed by atoms with E-state index in [9.17, 15) is 0 Å². The van der Waals surface area contributed by atoms with Gasteiger partial charge >= 0.3 is 0 Å². The molecule has 1 saturated carbocycles. The predicted octanol–water partition coefficient (Wildman–Crippen LogP) is 3.06. The van der Waals surface area contributed by atoms with E-state index in [0.717, 1.165) is 23.4 Å². The molecule has 1 N–H and O–H groups in total. The second-order valence-electron chi connectivity index (χ2n) is 6.28. The number of nitrogens with one attached hydrogen (secondary N) is 1. The quantitative estimate of drug-likeness (QED) is 0.892. The van der Waals surface area contributed by atoms with Crippen LogP contribution in [0.3, 0.4) is 0 Å². The Balaban J connectivity index is 2.20. The van der Waals surface area contributed by atoms with Crippen LogP contribution in [0.5, 0.6) is 0 Å². The number of hydrogen-bond donors (Lipinski definition) is 1. The Morgan fingerprint density at radius 1 is 1.28 bits per heavy atom. The lowest BCUT2D eigenvalue weighted by molar-refractivity contribution is 0.177. The highest BCUT2D eigenvalue weighted by Crippen LogP contribution is 2.39. The van der Waals surface area contributed by atoms with Gasteiger partial charge in [0.1, 0.15) is 0 Å². The molecular formula is C15H27N3. The van der Waals surface area contributed by atoms with Crippen LogP contribution in [-0.2, 0) is 7.05 Å². The molecule has 18 heavy (non-hydrogen) atoms. The fourth-order valence-corrected chi connectivity index (χ4v) is 3.83. The maximum atomic E-state index is 4.49. The van der Waals surface area contributed by atoms with Crippen molar-refractivity contribution < 1.29 is 0 Å². The second kappa shape index (κ2) is 5.43. The molecule has 3 heteroatoms. The summed E-state index contributed by atoms with van der Waals surface area (Å²) in [7, 11) is 4.14. The Bertz CT molecular complexity index is 386. The average Bonchev–Trinajstić information content (AvgIpc) is 2.58. The predicted molar refractivity (Wildman–Crippen MR) is 75.4 cm³/mol. The fourth-order valence-electron chi connectivity index (χ4n) is 3.83. The van der Waals surface area contributed by atoms with Gasteiger partial charge in [-0.2, -0.15) is 5.10 Å². The van der Waals surface area contributed by atoms with Crippen molar-refractivity contribution in [3.8, 4) is 0 Å². The first-order valence-corrected chi connectivity index (χ1v) is 7.19. The standard InChI is InChI=1S/C15H27N3/c1-10-6-11(2)8-13(7-10)15(16-4)14-9-12(3)17-18(14)5/h9-11,13,15-16H,6-8H2,1-5H3. The molecule has 0 saturated heterocycles. The lowest BCUT2D eigenvalue weighted by atomic mass is 9.73. The number of aromatic nitrogens is 2. The molecule has 3 nitrogen and oxygen atoms in total. The van der Waals surface area contributed by atoms with E-state index in [0.29, 0.717) is 6.04 Å². The summed E-state index contributed by atoms with van der Waals surface area (Å²) in [6, 6.07) is 2.67. The third-order valence-corrected chi connectivity index (χ3v) is 4.35. The zero-order chi connectivity index (χ0) is 13.3. The summed E-state index contributed by atoms with van der Waals surface area (Å²) in [6.45, 7) is 6.86. The number of aryl methyl sites for hydroxylation is 2. The topological polar surface area (TPSA) is 29.9 Å². The van der Waals surface area contributed by atoms with Gasteiger partial charge < -0.3 is 5.32 Å². The summed E-state index contributed by atoms with van der Waals surface area (Å²) in [5.41, 5.74) is 2.45. The summed E-state index contributed by atoms with van der Waals surface area (Å²) in [6.07, 6.45) is 4.05. The molecule has 0 amide bonds. The van der Waals surface area contributed by atoms with Gasteiger partial charge in [-0.15, -0.1) is 0 Å². The molecule has 1 aromatic rings. The summed E-state index contributed by atoms with van der Waals surface area (Å²) in [5, 5.41) is 8.01. The van der Waals surface area contributed by atoms with Crippen LogP contribution in [0.15, 0.2) is 6.07 Å². The van der Waals surface area contributed by atoms with Gasteiger partial charge in [-0.25, -0.2) is 0 Å². The highest BCUT2D eigenvalue weighted by molar-refractivity contribution is 5.14. The van der Waals surface area contributed by atoms with Crippen LogP contribution >= 0.6 is 0 Å². The fraction of sp³-hybridized carbons (Fsp3) is 0.800. The van der Waals surface area contributed by atoms with Gasteiger partial charge in [0.05, 0.1) is 17.4 Å². The highest BCUT2D eigenvalue weighted by Gasteiger charge is 2.31. The zero-order valence-electron chi connectivity index (χ0n) is 12.4. The Morgan fingerprint density at radius 3 is 2.33 bits per heavy atom. The minimum Gasteiger partial charge on any atom is -0.311 e. The highest BCUT2D eigenvalue weighted by atomic mass is 15.3. The molecule has 0 aliphatic heterocycles. The summed E-state index contributed by atoms with van der Waals surface area (Å²) in [5.74, 6) is 2.44. The second-order valence-corrected chi connectivity index (χ2v) is 6.28. The Labute approximate surface area is 111 Å². The van der Waals surface area contributed by atoms with Crippen LogP contribution in [-0.4, -0.2) is 16.8 Å². The Kier molecular flexibility index (Phi) is 4.10. The van der Waals surface area contributed by atoms with E-state index in [1.807, 2.05) is 4.68 Å². The van der Waals surface area contributed by atoms with Crippen LogP contribution in [0.1, 0.15) is 50.5 Å². The normalized spacial score (nSPS) is 30.4. The van der Waals surface area contributed by atoms with Crippen molar-refractivity contribution in [3.63, 3.8) is 0 Å². The van der Waals surface area contributed by atoms with Crippen LogP contribution in [0.2, 0.25) is 0 Å². The first-order valence-electron chi connectivity index (χ1n) is 7.19. The summed E-state index contributed by atoms with van der Waals surface area (Å²) < 4.78 is 2.04. The molecule has 0 aromatic carbocycles. The van der Waals surface area contributed by atoms with E-state index in [1.165, 1.54) is 25.0 Å². The van der Waals surface area contributed by atoms with Gasteiger partial charge in [-0.05, 0) is 57.1 Å². The number of rotatable bonds is 3. The molecule has 1 aliphatic carbocycles. The molecule has 2 rings (SSSR count). The van der Waals surface area contributed by atoms with Gasteiger partial charge in [0.15, 0.2) is 0 Å². The Morgan fingerprint density at radius 2 is 1.89 bits per heavy atom. The average molecular weight is 249 g/mol. The lowest BCUT2D eigenvalue weighted by Gasteiger charge is -2.36. The van der Waals surface area contributed by atoms with E-state index in [-0.39, 0.29) is 0 Å². The van der Waals surface area contributed by atoms with Gasteiger partial charge in [0, 0.05) is 7.05 Å². The lowest BCUT2D eigenvalue weighted by Crippen LogP contribution is -2.32. The van der Waals surface area contributed by atoms with Gasteiger partial charge in [-0.1, -0.05) is 13.8 Å². The monoisotopic (exact) mass is 249 g/mol. The molecule has 3 unspecified atom stereocenters. The molecule has 3 atom stereocenters. The molecule has 1 heterocycles. The number of hydrogen-bond acceptors (Lipinski definition) is 2. The molecule has 0 spiro atoms. The van der Waals surface area contributed by atoms with E-state index < -0.39 is 0 Å². The SMILES string of the molecule is CNC(c1cc(C)nn1C)C1CC(C)CC(C)C1. The maximum absolute atomic E-state index is 4.49. The third kappa shape index (κ3) is 2.77. The molecule has 1 aromatic heterocycles. The molecule has 0 bridgehead atoms. The van der Waals surface area contributed by atoms with Crippen molar-refractivity contribution in [1.82, 2.24) is 15.1 Å². The van der Waals surface area contributed by atoms with Crippen molar-refractivity contribution in [2.24, 2.45) is 24.8 Å². The molecule has 1 aliphatic rings. The van der Waals surface area contributed by atoms with Gasteiger partial charge in [-0.3, -0.25) is 4.68 Å². The van der Waals surface area contributed by atoms with Crippen molar-refractivity contribution >= 4 is 0 Å². The Hall–Kier alpha value is -0.830. The van der Waals surface area contributed by atoms with Crippen LogP contribution in [0.4, 0.5) is 0 Å². The first kappa shape index (κ1) is 13.6. The van der Waals surface area contributed by atoms with E-state index in [1.54, 1.807) is 0 Å². The first-order chi connectivity index (χ1) is 8.51. The van der Waals surface area contributed by atoms with E-state index in [2.05, 4.69) is 51.3 Å². The van der Waals surface area contributed by atoms with Crippen molar-refractivity contribution in [3.05, 3.63) is 17.5 Å². The minimum atomic E-state index is 0.446. The number of nitrogens with zero attached hydrogens (tertiary/aromatic N) is 2. The van der Waals surface area contributed by atoms with E-state index in [4.69, 9.17) is 0 Å². The molecule has 102 valence electrons. The summed E-state index contributed by atoms with van der Waals surface area (Å²) >= 11 is 0. The molecular weight excluding hydrogens is 222 g/mol. The zero-order valence-corrected chi connectivity index (χ0v) is 12.4. The van der Waals surface area contributed by atoms with Crippen LogP contribution in [0, 0.1) is 24.7 Å². The van der Waals surface area contributed by atoms with Crippen molar-refractivity contribution in [2.45, 2.75) is 46.1 Å². The van der Waals surface area contributed by atoms with Gasteiger partial charge in [0.2, 0.25) is 0 Å². The molecule has 1 fully saturated rings. The summed E-state index contributed by atoms with van der Waals surface area (Å²) in [4.78, 5) is 0. The van der Waals surface area contributed by atoms with Crippen LogP contribution < -0.4 is 5.32 Å². The van der Waals surface area contributed by atoms with Crippen molar-refractivity contribution in [1.29, 1.82) is 0 Å². The van der Waals surface area contributed by atoms with Gasteiger partial charge in [0.25, 0.3) is 0 Å².